The molecule has 6 rings (SSSR count). The molecule has 0 aliphatic carbocycles. The Morgan fingerprint density at radius 1 is 0.780 bits per heavy atom. The van der Waals surface area contributed by atoms with E-state index in [4.69, 9.17) is 9.47 Å². The third kappa shape index (κ3) is 4.41. The van der Waals surface area contributed by atoms with Crippen molar-refractivity contribution < 1.29 is 17.9 Å². The van der Waals surface area contributed by atoms with Crippen LogP contribution in [0, 0.1) is 29.6 Å². The summed E-state index contributed by atoms with van der Waals surface area (Å²) in [7, 11) is -4.31. The highest BCUT2D eigenvalue weighted by Gasteiger charge is 2.44. The molecule has 4 aromatic carbocycles. The normalized spacial score (nSPS) is 16.4. The number of sulfonamides is 1. The van der Waals surface area contributed by atoms with Gasteiger partial charge in [0, 0.05) is 11.1 Å². The van der Waals surface area contributed by atoms with Crippen molar-refractivity contribution in [3.63, 3.8) is 0 Å². The first kappa shape index (κ1) is 25.9. The minimum Gasteiger partial charge on any atom is -0.454 e. The molecule has 1 atom stereocenters. The van der Waals surface area contributed by atoms with Gasteiger partial charge in [-0.3, -0.25) is 4.31 Å². The molecule has 0 aromatic heterocycles. The van der Waals surface area contributed by atoms with Gasteiger partial charge < -0.3 is 9.47 Å². The Kier molecular flexibility index (Phi) is 6.55. The zero-order valence-corrected chi connectivity index (χ0v) is 22.8. The van der Waals surface area contributed by atoms with Gasteiger partial charge in [-0.25, -0.2) is 8.42 Å². The lowest BCUT2D eigenvalue weighted by molar-refractivity contribution is 0.174. The molecule has 2 aliphatic heterocycles. The first-order chi connectivity index (χ1) is 19.9. The number of nitrogens with zero attached hydrogens (tertiary/aromatic N) is 3. The number of allylic oxidation sites excluding steroid dienone is 2. The van der Waals surface area contributed by atoms with Gasteiger partial charge in [0.25, 0.3) is 10.0 Å². The SMILES string of the molecule is Cc1ccc(S(=O)(=O)N2C(c3ccc4c(c3)OCO4)=C(C#N)C(c3ccccc3)=C(C#N)C2c2ccccc2)cc1. The van der Waals surface area contributed by atoms with Gasteiger partial charge in [0.1, 0.15) is 12.1 Å². The van der Waals surface area contributed by atoms with E-state index in [1.165, 1.54) is 4.31 Å². The van der Waals surface area contributed by atoms with E-state index in [0.717, 1.165) is 5.56 Å². The van der Waals surface area contributed by atoms with E-state index in [0.29, 0.717) is 33.8 Å². The highest BCUT2D eigenvalue weighted by molar-refractivity contribution is 7.89. The second-order valence-corrected chi connectivity index (χ2v) is 11.4. The molecule has 0 bridgehead atoms. The van der Waals surface area contributed by atoms with Crippen molar-refractivity contribution in [3.05, 3.63) is 137 Å². The van der Waals surface area contributed by atoms with Crippen LogP contribution < -0.4 is 9.47 Å². The Morgan fingerprint density at radius 2 is 1.44 bits per heavy atom. The average Bonchev–Trinajstić information content (AvgIpc) is 3.48. The first-order valence-corrected chi connectivity index (χ1v) is 14.3. The van der Waals surface area contributed by atoms with Crippen molar-refractivity contribution in [1.82, 2.24) is 4.31 Å². The summed E-state index contributed by atoms with van der Waals surface area (Å²) < 4.78 is 41.7. The predicted molar refractivity (Wildman–Crippen MR) is 153 cm³/mol. The van der Waals surface area contributed by atoms with Crippen LogP contribution in [-0.2, 0) is 10.0 Å². The molecule has 0 N–H and O–H groups in total. The van der Waals surface area contributed by atoms with Crippen LogP contribution in [-0.4, -0.2) is 19.5 Å². The lowest BCUT2D eigenvalue weighted by Gasteiger charge is -2.39. The van der Waals surface area contributed by atoms with Crippen LogP contribution in [0.15, 0.2) is 119 Å². The highest BCUT2D eigenvalue weighted by atomic mass is 32.2. The molecule has 0 saturated carbocycles. The summed E-state index contributed by atoms with van der Waals surface area (Å²) in [4.78, 5) is 0.0417. The van der Waals surface area contributed by atoms with Crippen LogP contribution in [0.2, 0.25) is 0 Å². The fourth-order valence-corrected chi connectivity index (χ4v) is 6.86. The van der Waals surface area contributed by atoms with Crippen molar-refractivity contribution in [2.75, 3.05) is 6.79 Å². The third-order valence-corrected chi connectivity index (χ3v) is 8.90. The minimum absolute atomic E-state index is 0.0364. The van der Waals surface area contributed by atoms with Crippen LogP contribution in [0.25, 0.3) is 11.3 Å². The fraction of sp³-hybridized carbons (Fsp3) is 0.0909. The Labute approximate surface area is 238 Å². The number of ether oxygens (including phenoxy) is 2. The van der Waals surface area contributed by atoms with Gasteiger partial charge in [0.2, 0.25) is 6.79 Å². The lowest BCUT2D eigenvalue weighted by Crippen LogP contribution is -2.38. The number of benzene rings is 4. The first-order valence-electron chi connectivity index (χ1n) is 12.8. The van der Waals surface area contributed by atoms with Crippen molar-refractivity contribution >= 4 is 21.3 Å². The maximum atomic E-state index is 14.7. The average molecular weight is 558 g/mol. The molecule has 1 unspecified atom stereocenters. The highest BCUT2D eigenvalue weighted by Crippen LogP contribution is 2.51. The second kappa shape index (κ2) is 10.3. The Balaban J connectivity index is 1.74. The van der Waals surface area contributed by atoms with Gasteiger partial charge in [-0.2, -0.15) is 10.5 Å². The molecule has 0 radical (unpaired) electrons. The van der Waals surface area contributed by atoms with E-state index < -0.39 is 16.1 Å². The monoisotopic (exact) mass is 557 g/mol. The lowest BCUT2D eigenvalue weighted by atomic mass is 9.82. The summed E-state index contributed by atoms with van der Waals surface area (Å²) in [6.07, 6.45) is 0. The van der Waals surface area contributed by atoms with Crippen molar-refractivity contribution in [1.29, 1.82) is 10.5 Å². The smallest absolute Gasteiger partial charge is 0.265 e. The zero-order valence-electron chi connectivity index (χ0n) is 22.0. The largest absolute Gasteiger partial charge is 0.454 e. The zero-order chi connectivity index (χ0) is 28.6. The molecule has 0 amide bonds. The summed E-state index contributed by atoms with van der Waals surface area (Å²) >= 11 is 0. The van der Waals surface area contributed by atoms with E-state index in [9.17, 15) is 18.9 Å². The van der Waals surface area contributed by atoms with Crippen LogP contribution in [0.4, 0.5) is 0 Å². The summed E-state index contributed by atoms with van der Waals surface area (Å²) in [5.41, 5.74) is 3.30. The quantitative estimate of drug-likeness (QED) is 0.282. The van der Waals surface area contributed by atoms with Crippen LogP contribution in [0.3, 0.4) is 0 Å². The number of fused-ring (bicyclic) bond motifs is 1. The predicted octanol–water partition coefficient (Wildman–Crippen LogP) is 6.38. The molecule has 4 aromatic rings. The van der Waals surface area contributed by atoms with Crippen molar-refractivity contribution in [3.8, 4) is 23.6 Å². The fourth-order valence-electron chi connectivity index (χ4n) is 5.21. The topological polar surface area (TPSA) is 103 Å². The van der Waals surface area contributed by atoms with E-state index >= 15 is 0 Å². The maximum Gasteiger partial charge on any atom is 0.265 e. The van der Waals surface area contributed by atoms with E-state index in [-0.39, 0.29) is 28.5 Å². The summed E-state index contributed by atoms with van der Waals surface area (Å²) in [5, 5.41) is 21.3. The summed E-state index contributed by atoms with van der Waals surface area (Å²) in [5.74, 6) is 0.959. The molecular formula is C33H23N3O4S. The molecule has 0 saturated heterocycles. The van der Waals surface area contributed by atoms with Gasteiger partial charge in [-0.1, -0.05) is 78.4 Å². The Hall–Kier alpha value is -5.31. The van der Waals surface area contributed by atoms with Gasteiger partial charge in [-0.05, 0) is 48.4 Å². The molecular weight excluding hydrogens is 534 g/mol. The molecule has 2 aliphatic rings. The third-order valence-electron chi connectivity index (χ3n) is 7.12. The van der Waals surface area contributed by atoms with E-state index in [1.54, 1.807) is 66.7 Å². The summed E-state index contributed by atoms with van der Waals surface area (Å²) in [6.45, 7) is 1.91. The number of rotatable bonds is 5. The standard InChI is InChI=1S/C33H23N3O4S/c1-22-12-15-26(16-13-22)41(37,38)36-32(24-10-6-3-7-11-24)27(19-34)31(23-8-4-2-5-9-23)28(20-35)33(36)25-14-17-29-30(18-25)40-21-39-29/h2-18,32H,21H2,1H3. The molecule has 41 heavy (non-hydrogen) atoms. The van der Waals surface area contributed by atoms with Gasteiger partial charge >= 0.3 is 0 Å². The molecule has 2 heterocycles. The number of hydrogen-bond acceptors (Lipinski definition) is 6. The molecule has 0 spiro atoms. The second-order valence-electron chi connectivity index (χ2n) is 9.60. The van der Waals surface area contributed by atoms with Gasteiger partial charge in [0.05, 0.1) is 27.8 Å². The molecule has 200 valence electrons. The number of hydrogen-bond donors (Lipinski definition) is 0. The van der Waals surface area contributed by atoms with Gasteiger partial charge in [-0.15, -0.1) is 0 Å². The minimum atomic E-state index is -4.31. The van der Waals surface area contributed by atoms with Crippen LogP contribution in [0.1, 0.15) is 28.3 Å². The van der Waals surface area contributed by atoms with E-state index in [2.05, 4.69) is 12.1 Å². The van der Waals surface area contributed by atoms with Gasteiger partial charge in [0.15, 0.2) is 11.5 Å². The number of nitriles is 2. The molecule has 8 heteroatoms. The summed E-state index contributed by atoms with van der Waals surface area (Å²) in [6, 6.07) is 33.2. The Bertz CT molecular complexity index is 1900. The van der Waals surface area contributed by atoms with Crippen LogP contribution in [0.5, 0.6) is 11.5 Å². The number of aryl methyl sites for hydroxylation is 1. The molecule has 7 nitrogen and oxygen atoms in total. The molecule has 0 fully saturated rings. The maximum absolute atomic E-state index is 14.7. The van der Waals surface area contributed by atoms with Crippen LogP contribution >= 0.6 is 0 Å². The van der Waals surface area contributed by atoms with E-state index in [1.807, 2.05) is 43.3 Å². The van der Waals surface area contributed by atoms with Crippen molar-refractivity contribution in [2.45, 2.75) is 17.9 Å². The van der Waals surface area contributed by atoms with Crippen molar-refractivity contribution in [2.24, 2.45) is 0 Å². The Morgan fingerprint density at radius 3 is 2.10 bits per heavy atom.